The summed E-state index contributed by atoms with van der Waals surface area (Å²) in [5, 5.41) is 0. The summed E-state index contributed by atoms with van der Waals surface area (Å²) in [4.78, 5) is 12.6. The maximum absolute atomic E-state index is 14.7. The van der Waals surface area contributed by atoms with Crippen LogP contribution in [-0.4, -0.2) is 19.2 Å². The summed E-state index contributed by atoms with van der Waals surface area (Å²) >= 11 is 0. The van der Waals surface area contributed by atoms with Gasteiger partial charge in [-0.15, -0.1) is 0 Å². The second-order valence-corrected chi connectivity index (χ2v) is 11.9. The second-order valence-electron chi connectivity index (χ2n) is 11.9. The van der Waals surface area contributed by atoms with Crippen LogP contribution in [0.25, 0.3) is 0 Å². The molecule has 6 heteroatoms. The van der Waals surface area contributed by atoms with Crippen LogP contribution < -0.4 is 14.2 Å². The Labute approximate surface area is 252 Å². The molecule has 0 radical (unpaired) electrons. The van der Waals surface area contributed by atoms with E-state index in [2.05, 4.69) is 13.8 Å². The summed E-state index contributed by atoms with van der Waals surface area (Å²) in [7, 11) is 0. The molecule has 2 aromatic carbocycles. The first-order valence-electron chi connectivity index (χ1n) is 16.6. The number of halogens is 2. The van der Waals surface area contributed by atoms with E-state index in [1.165, 1.54) is 95.6 Å². The van der Waals surface area contributed by atoms with Crippen molar-refractivity contribution in [2.24, 2.45) is 11.8 Å². The van der Waals surface area contributed by atoms with Crippen molar-refractivity contribution in [3.05, 3.63) is 53.6 Å². The van der Waals surface area contributed by atoms with Gasteiger partial charge in [-0.05, 0) is 67.5 Å². The van der Waals surface area contributed by atoms with E-state index in [0.717, 1.165) is 37.5 Å². The molecule has 0 bridgehead atoms. The molecule has 3 rings (SSSR count). The van der Waals surface area contributed by atoms with Gasteiger partial charge in [0.05, 0.1) is 18.8 Å². The number of carbonyl (C=O) groups is 1. The van der Waals surface area contributed by atoms with Gasteiger partial charge in [0.1, 0.15) is 11.5 Å². The van der Waals surface area contributed by atoms with Crippen LogP contribution in [0.15, 0.2) is 36.4 Å². The lowest BCUT2D eigenvalue weighted by Gasteiger charge is -2.31. The first-order chi connectivity index (χ1) is 20.5. The van der Waals surface area contributed by atoms with Crippen LogP contribution in [0.5, 0.6) is 17.2 Å². The van der Waals surface area contributed by atoms with Crippen molar-refractivity contribution in [3.63, 3.8) is 0 Å². The molecule has 2 unspecified atom stereocenters. The molecule has 0 saturated heterocycles. The van der Waals surface area contributed by atoms with Gasteiger partial charge in [0, 0.05) is 0 Å². The van der Waals surface area contributed by atoms with E-state index in [0.29, 0.717) is 19.0 Å². The van der Waals surface area contributed by atoms with Gasteiger partial charge in [-0.25, -0.2) is 9.18 Å². The maximum Gasteiger partial charge on any atom is 0.346 e. The van der Waals surface area contributed by atoms with Crippen molar-refractivity contribution in [1.82, 2.24) is 0 Å². The van der Waals surface area contributed by atoms with Gasteiger partial charge in [0.15, 0.2) is 11.6 Å². The largest absolute Gasteiger partial charge is 0.494 e. The number of benzene rings is 2. The summed E-state index contributed by atoms with van der Waals surface area (Å²) in [5.41, 5.74) is -0.466. The van der Waals surface area contributed by atoms with Crippen LogP contribution in [0.1, 0.15) is 133 Å². The molecule has 0 aromatic heterocycles. The fraction of sp³-hybridized carbons (Fsp3) is 0.639. The highest BCUT2D eigenvalue weighted by atomic mass is 19.2. The molecule has 234 valence electrons. The number of esters is 1. The van der Waals surface area contributed by atoms with Crippen molar-refractivity contribution < 1.29 is 27.8 Å². The van der Waals surface area contributed by atoms with Gasteiger partial charge >= 0.3 is 5.97 Å². The molecule has 0 spiro atoms. The molecule has 42 heavy (non-hydrogen) atoms. The van der Waals surface area contributed by atoms with Gasteiger partial charge in [-0.2, -0.15) is 4.39 Å². The minimum Gasteiger partial charge on any atom is -0.494 e. The minimum absolute atomic E-state index is 0.188. The van der Waals surface area contributed by atoms with Crippen molar-refractivity contribution in [3.8, 4) is 17.2 Å². The zero-order valence-electron chi connectivity index (χ0n) is 25.9. The van der Waals surface area contributed by atoms with Crippen LogP contribution in [-0.2, 0) is 0 Å². The zero-order valence-corrected chi connectivity index (χ0v) is 25.9. The Kier molecular flexibility index (Phi) is 15.8. The van der Waals surface area contributed by atoms with E-state index in [1.54, 1.807) is 24.3 Å². The van der Waals surface area contributed by atoms with Gasteiger partial charge in [0.2, 0.25) is 5.82 Å². The monoisotopic (exact) mass is 586 g/mol. The van der Waals surface area contributed by atoms with Crippen molar-refractivity contribution in [1.29, 1.82) is 0 Å². The molecular formula is C36H52F2O4. The van der Waals surface area contributed by atoms with Crippen molar-refractivity contribution in [2.75, 3.05) is 13.2 Å². The lowest BCUT2D eigenvalue weighted by Crippen LogP contribution is -2.20. The summed E-state index contributed by atoms with van der Waals surface area (Å²) < 4.78 is 45.9. The van der Waals surface area contributed by atoms with Crippen LogP contribution in [0.3, 0.4) is 0 Å². The van der Waals surface area contributed by atoms with Crippen LogP contribution in [0.2, 0.25) is 0 Å². The van der Waals surface area contributed by atoms with Crippen LogP contribution >= 0.6 is 0 Å². The lowest BCUT2D eigenvalue weighted by atomic mass is 9.74. The number of rotatable bonds is 20. The quantitative estimate of drug-likeness (QED) is 0.0879. The predicted octanol–water partition coefficient (Wildman–Crippen LogP) is 10.9. The van der Waals surface area contributed by atoms with E-state index in [4.69, 9.17) is 14.2 Å². The highest BCUT2D eigenvalue weighted by Crippen LogP contribution is 2.36. The number of ether oxygens (including phenoxy) is 3. The summed E-state index contributed by atoms with van der Waals surface area (Å²) in [6, 6.07) is 9.16. The van der Waals surface area contributed by atoms with Crippen LogP contribution in [0.4, 0.5) is 8.78 Å². The van der Waals surface area contributed by atoms with E-state index >= 15 is 0 Å². The van der Waals surface area contributed by atoms with E-state index < -0.39 is 23.2 Å². The highest BCUT2D eigenvalue weighted by molar-refractivity contribution is 5.91. The first kappa shape index (κ1) is 33.9. The van der Waals surface area contributed by atoms with Gasteiger partial charge in [-0.3, -0.25) is 0 Å². The Morgan fingerprint density at radius 3 is 1.93 bits per heavy atom. The molecule has 1 aliphatic rings. The average Bonchev–Trinajstić information content (AvgIpc) is 3.00. The van der Waals surface area contributed by atoms with E-state index in [1.807, 2.05) is 0 Å². The Morgan fingerprint density at radius 1 is 0.667 bits per heavy atom. The first-order valence-corrected chi connectivity index (χ1v) is 16.6. The molecule has 1 saturated carbocycles. The average molecular weight is 587 g/mol. The summed E-state index contributed by atoms with van der Waals surface area (Å²) in [6.45, 7) is 5.40. The molecule has 1 aliphatic carbocycles. The fourth-order valence-electron chi connectivity index (χ4n) is 6.04. The number of carbonyl (C=O) groups excluding carboxylic acids is 1. The Morgan fingerprint density at radius 2 is 1.24 bits per heavy atom. The molecular weight excluding hydrogens is 534 g/mol. The summed E-state index contributed by atoms with van der Waals surface area (Å²) in [6.07, 6.45) is 20.8. The van der Waals surface area contributed by atoms with Crippen molar-refractivity contribution in [2.45, 2.75) is 123 Å². The molecule has 0 aliphatic heterocycles. The van der Waals surface area contributed by atoms with Gasteiger partial charge in [-0.1, -0.05) is 104 Å². The van der Waals surface area contributed by atoms with Gasteiger partial charge < -0.3 is 14.2 Å². The van der Waals surface area contributed by atoms with Crippen LogP contribution in [0, 0.1) is 23.5 Å². The number of hydrogen-bond acceptors (Lipinski definition) is 4. The number of unbranched alkanes of at least 4 members (excludes halogenated alkanes) is 8. The van der Waals surface area contributed by atoms with Crippen molar-refractivity contribution >= 4 is 5.97 Å². The maximum atomic E-state index is 14.7. The number of hydrogen-bond donors (Lipinski definition) is 0. The zero-order chi connectivity index (χ0) is 30.0. The third kappa shape index (κ3) is 11.6. The molecule has 2 atom stereocenters. The third-order valence-corrected chi connectivity index (χ3v) is 8.54. The molecule has 2 aromatic rings. The Hall–Kier alpha value is -2.63. The smallest absolute Gasteiger partial charge is 0.346 e. The van der Waals surface area contributed by atoms with E-state index in [-0.39, 0.29) is 11.5 Å². The summed E-state index contributed by atoms with van der Waals surface area (Å²) in [5.74, 6) is -0.958. The molecule has 0 amide bonds. The predicted molar refractivity (Wildman–Crippen MR) is 166 cm³/mol. The molecule has 0 heterocycles. The molecule has 4 nitrogen and oxygen atoms in total. The second kappa shape index (κ2) is 19.5. The SMILES string of the molecule is CCCCCCCCCOc1ccc(C(=O)Oc2ccc(OCCCC3CCCCC3CCCCC)cc2)c(F)c1F. The fourth-order valence-corrected chi connectivity index (χ4v) is 6.04. The van der Waals surface area contributed by atoms with E-state index in [9.17, 15) is 13.6 Å². The third-order valence-electron chi connectivity index (χ3n) is 8.54. The molecule has 0 N–H and O–H groups in total. The normalized spacial score (nSPS) is 16.8. The lowest BCUT2D eigenvalue weighted by molar-refractivity contribution is 0.0728. The molecule has 1 fully saturated rings. The standard InChI is InChI=1S/C36H52F2O4/c1-3-5-7-8-9-10-14-26-41-33-25-24-32(34(37)35(33)38)36(39)42-31-22-20-30(21-23-31)40-27-15-19-29-18-13-12-17-28(29)16-11-6-4-2/h20-25,28-29H,3-19,26-27H2,1-2H3. The highest BCUT2D eigenvalue weighted by Gasteiger charge is 2.24. The minimum atomic E-state index is -1.26. The Balaban J connectivity index is 1.39. The topological polar surface area (TPSA) is 44.8 Å². The van der Waals surface area contributed by atoms with Gasteiger partial charge in [0.25, 0.3) is 0 Å². The Bertz CT molecular complexity index is 1040.